The first-order valence-electron chi connectivity index (χ1n) is 0.612. The van der Waals surface area contributed by atoms with Crippen LogP contribution >= 0.6 is 9.90 Å². The quantitative estimate of drug-likeness (QED) is 0.372. The molecule has 3 nitrogen and oxygen atoms in total. The van der Waals surface area contributed by atoms with Crippen molar-refractivity contribution in [2.24, 2.45) is 0 Å². The summed E-state index contributed by atoms with van der Waals surface area (Å²) in [5, 5.41) is 0. The average Bonchev–Trinajstić information content (AvgIpc) is 1.81. The van der Waals surface area contributed by atoms with Gasteiger partial charge in [0.05, 0.1) is 0 Å². The van der Waals surface area contributed by atoms with Crippen LogP contribution in [-0.2, 0) is 30.9 Å². The van der Waals surface area contributed by atoms with Gasteiger partial charge in [0.15, 0.2) is 0 Å². The fraction of sp³-hybridized carbons (Fsp3) is 0. The van der Waals surface area contributed by atoms with E-state index >= 15 is 0 Å². The van der Waals surface area contributed by atoms with E-state index in [4.69, 9.17) is 14.4 Å². The van der Waals surface area contributed by atoms with Crippen molar-refractivity contribution >= 4 is 30.3 Å². The molecule has 0 amide bonds. The normalized spacial score (nSPS) is 1.50. The summed E-state index contributed by atoms with van der Waals surface area (Å²) in [7, 11) is 0. The third kappa shape index (κ3) is 32700. The summed E-state index contributed by atoms with van der Waals surface area (Å²) in [6.07, 6.45) is 0. The van der Waals surface area contributed by atoms with Crippen LogP contribution in [0.3, 0.4) is 0 Å². The van der Waals surface area contributed by atoms with Crippen LogP contribution in [0.1, 0.15) is 0 Å². The van der Waals surface area contributed by atoms with Gasteiger partial charge >= 0.3 is 0 Å². The maximum absolute atomic E-state index is 7.50. The Labute approximate surface area is 61.8 Å². The minimum absolute atomic E-state index is 0. The van der Waals surface area contributed by atoms with Crippen molar-refractivity contribution in [1.82, 2.24) is 0 Å². The molecule has 0 aliphatic rings. The molecule has 0 saturated heterocycles. The van der Waals surface area contributed by atoms with Gasteiger partial charge in [-0.15, -0.1) is 0 Å². The van der Waals surface area contributed by atoms with Gasteiger partial charge in [-0.1, -0.05) is 0 Å². The molecule has 0 bridgehead atoms. The topological polar surface area (TPSA) is 51.2 Å². The predicted molar refractivity (Wildman–Crippen MR) is 24.0 cm³/mol. The molecule has 0 aliphatic heterocycles. The van der Waals surface area contributed by atoms with Crippen LogP contribution in [-0.4, -0.2) is 20.4 Å². The third-order valence-corrected chi connectivity index (χ3v) is 0. The van der Waals surface area contributed by atoms with E-state index in [9.17, 15) is 0 Å². The Hall–Kier alpha value is -0.0665. The molecular formula is C3NiO3P. The second-order valence-electron chi connectivity index (χ2n) is 0. The van der Waals surface area contributed by atoms with Crippen molar-refractivity contribution < 1.29 is 30.9 Å². The molecule has 0 rings (SSSR count). The number of hydrogen-bond acceptors (Lipinski definition) is 3. The molecule has 45 valence electrons. The Morgan fingerprint density at radius 1 is 0.625 bits per heavy atom. The maximum atomic E-state index is 7.50. The second kappa shape index (κ2) is 55200. The maximum Gasteiger partial charge on any atom is 0.281 e. The molecule has 0 atom stereocenters. The fourth-order valence-corrected chi connectivity index (χ4v) is 0. The molecule has 5 heteroatoms. The van der Waals surface area contributed by atoms with Crippen molar-refractivity contribution in [2.45, 2.75) is 0 Å². The molecular weight excluding hydrogens is 174 g/mol. The van der Waals surface area contributed by atoms with Crippen LogP contribution in [0.5, 0.6) is 0 Å². The molecule has 0 heterocycles. The zero-order valence-corrected chi connectivity index (χ0v) is 5.37. The Morgan fingerprint density at radius 3 is 0.625 bits per heavy atom. The van der Waals surface area contributed by atoms with Crippen LogP contribution in [0.4, 0.5) is 0 Å². The van der Waals surface area contributed by atoms with Crippen molar-refractivity contribution in [3.05, 3.63) is 0 Å². The van der Waals surface area contributed by atoms with Gasteiger partial charge < -0.3 is 0 Å². The molecule has 0 aromatic heterocycles. The Balaban J connectivity index is -0.00000000500. The monoisotopic (exact) mass is 173 g/mol. The Bertz CT molecular complexity index is 19.2. The van der Waals surface area contributed by atoms with Gasteiger partial charge in [0.1, 0.15) is 0 Å². The summed E-state index contributed by atoms with van der Waals surface area (Å²) in [5.74, 6) is 0. The second-order valence-corrected chi connectivity index (χ2v) is 0. The molecule has 9 radical (unpaired) electrons. The molecule has 0 N–H and O–H groups in total. The van der Waals surface area contributed by atoms with Crippen molar-refractivity contribution in [3.63, 3.8) is 0 Å². The van der Waals surface area contributed by atoms with E-state index in [2.05, 4.69) is 20.4 Å². The zero-order chi connectivity index (χ0) is 6.00. The molecule has 0 saturated carbocycles. The third-order valence-electron chi connectivity index (χ3n) is 0. The first-order valence-corrected chi connectivity index (χ1v) is 0.612. The smallest absolute Gasteiger partial charge is 0.281 e. The molecule has 0 fully saturated rings. The first kappa shape index (κ1) is 44.3. The van der Waals surface area contributed by atoms with Crippen molar-refractivity contribution in [1.29, 1.82) is 0 Å². The molecule has 0 aromatic rings. The van der Waals surface area contributed by atoms with Crippen molar-refractivity contribution in [2.75, 3.05) is 0 Å². The van der Waals surface area contributed by atoms with Gasteiger partial charge in [-0.25, -0.2) is 0 Å². The summed E-state index contributed by atoms with van der Waals surface area (Å²) < 4.78 is 0. The van der Waals surface area contributed by atoms with E-state index < -0.39 is 0 Å². The summed E-state index contributed by atoms with van der Waals surface area (Å²) in [4.78, 5) is 22.5. The van der Waals surface area contributed by atoms with E-state index in [1.54, 1.807) is 0 Å². The first-order chi connectivity index (χ1) is 3.00. The minimum Gasteiger partial charge on any atom is -0.281 e. The molecule has 0 aliphatic carbocycles. The number of rotatable bonds is 0. The minimum atomic E-state index is 0. The number of hydrogen-bond donors (Lipinski definition) is 0. The van der Waals surface area contributed by atoms with Gasteiger partial charge in [-0.2, -0.15) is 0 Å². The van der Waals surface area contributed by atoms with Crippen molar-refractivity contribution in [3.8, 4) is 0 Å². The summed E-state index contributed by atoms with van der Waals surface area (Å²) >= 11 is 0. The van der Waals surface area contributed by atoms with Crippen LogP contribution in [0.15, 0.2) is 0 Å². The van der Waals surface area contributed by atoms with Crippen LogP contribution in [0.25, 0.3) is 0 Å². The largest absolute Gasteiger partial charge is 0.281 e. The van der Waals surface area contributed by atoms with Gasteiger partial charge in [0, 0.05) is 26.4 Å². The van der Waals surface area contributed by atoms with Gasteiger partial charge in [0.2, 0.25) is 0 Å². The molecule has 0 aromatic carbocycles. The van der Waals surface area contributed by atoms with Gasteiger partial charge in [0.25, 0.3) is 20.4 Å². The fourth-order valence-electron chi connectivity index (χ4n) is 0. The van der Waals surface area contributed by atoms with E-state index in [1.165, 1.54) is 0 Å². The SMILES string of the molecule is [C]=O.[C]=O.[C]=O.[Ni].[P]. The van der Waals surface area contributed by atoms with Gasteiger partial charge in [-0.3, -0.25) is 14.4 Å². The van der Waals surface area contributed by atoms with E-state index in [0.717, 1.165) is 0 Å². The predicted octanol–water partition coefficient (Wildman–Crippen LogP) is -0.333. The van der Waals surface area contributed by atoms with Gasteiger partial charge in [-0.05, 0) is 0 Å². The Kier molecular flexibility index (Phi) is 306000. The number of carbonyl (C=O) groups excluding carboxylic acids is 3. The van der Waals surface area contributed by atoms with E-state index in [0.29, 0.717) is 0 Å². The van der Waals surface area contributed by atoms with Crippen LogP contribution < -0.4 is 0 Å². The zero-order valence-electron chi connectivity index (χ0n) is 3.49. The standard InChI is InChI=1S/3CO.Ni.P/c3*1-2;;. The van der Waals surface area contributed by atoms with Crippen LogP contribution in [0.2, 0.25) is 0 Å². The summed E-state index contributed by atoms with van der Waals surface area (Å²) in [5.41, 5.74) is 0. The molecule has 0 unspecified atom stereocenters. The summed E-state index contributed by atoms with van der Waals surface area (Å²) in [6.45, 7) is 13.5. The van der Waals surface area contributed by atoms with E-state index in [-0.39, 0.29) is 26.4 Å². The molecule has 8 heavy (non-hydrogen) atoms. The van der Waals surface area contributed by atoms with Crippen LogP contribution in [0, 0.1) is 0 Å². The average molecular weight is 174 g/mol. The van der Waals surface area contributed by atoms with E-state index in [1.807, 2.05) is 0 Å². The summed E-state index contributed by atoms with van der Waals surface area (Å²) in [6, 6.07) is 0. The Morgan fingerprint density at radius 2 is 0.625 bits per heavy atom. The molecule has 0 spiro atoms.